The molecule has 5 rings (SSSR count). The number of rotatable bonds is 7. The van der Waals surface area contributed by atoms with E-state index < -0.39 is 0 Å². The SMILES string of the molecule is COc1ccc(-n2c(SC(C)c3nc(C4CC4)no3)nnc2-c2ccccc2)cc1. The van der Waals surface area contributed by atoms with Crippen molar-refractivity contribution in [1.29, 1.82) is 0 Å². The third kappa shape index (κ3) is 3.70. The van der Waals surface area contributed by atoms with Crippen molar-refractivity contribution in [3.8, 4) is 22.8 Å². The van der Waals surface area contributed by atoms with Crippen molar-refractivity contribution < 1.29 is 9.26 Å². The molecule has 8 heteroatoms. The summed E-state index contributed by atoms with van der Waals surface area (Å²) in [5.41, 5.74) is 1.95. The molecule has 1 aliphatic carbocycles. The molecule has 2 heterocycles. The van der Waals surface area contributed by atoms with Crippen LogP contribution in [0.2, 0.25) is 0 Å². The van der Waals surface area contributed by atoms with Crippen LogP contribution in [0.4, 0.5) is 0 Å². The molecule has 1 atom stereocenters. The van der Waals surface area contributed by atoms with Crippen LogP contribution in [0, 0.1) is 0 Å². The number of thioether (sulfide) groups is 1. The monoisotopic (exact) mass is 419 g/mol. The molecule has 152 valence electrons. The first-order valence-corrected chi connectivity index (χ1v) is 10.8. The van der Waals surface area contributed by atoms with Crippen molar-refractivity contribution in [2.75, 3.05) is 7.11 Å². The number of hydrogen-bond donors (Lipinski definition) is 0. The second-order valence-corrected chi connectivity index (χ2v) is 8.54. The van der Waals surface area contributed by atoms with Gasteiger partial charge in [0.25, 0.3) is 0 Å². The highest BCUT2D eigenvalue weighted by molar-refractivity contribution is 7.99. The molecule has 7 nitrogen and oxygen atoms in total. The Hall–Kier alpha value is -3.13. The van der Waals surface area contributed by atoms with Crippen molar-refractivity contribution in [3.63, 3.8) is 0 Å². The Morgan fingerprint density at radius 3 is 2.53 bits per heavy atom. The highest BCUT2D eigenvalue weighted by Gasteiger charge is 2.30. The first kappa shape index (κ1) is 18.9. The molecule has 1 saturated carbocycles. The van der Waals surface area contributed by atoms with Gasteiger partial charge < -0.3 is 9.26 Å². The summed E-state index contributed by atoms with van der Waals surface area (Å²) in [5, 5.41) is 13.8. The third-order valence-corrected chi connectivity index (χ3v) is 6.06. The van der Waals surface area contributed by atoms with Gasteiger partial charge in [0.05, 0.1) is 12.4 Å². The summed E-state index contributed by atoms with van der Waals surface area (Å²) in [4.78, 5) is 4.59. The van der Waals surface area contributed by atoms with E-state index in [1.54, 1.807) is 18.9 Å². The van der Waals surface area contributed by atoms with Crippen LogP contribution in [0.25, 0.3) is 17.1 Å². The fourth-order valence-electron chi connectivity index (χ4n) is 3.21. The van der Waals surface area contributed by atoms with E-state index in [1.807, 2.05) is 66.1 Å². The predicted molar refractivity (Wildman–Crippen MR) is 114 cm³/mol. The molecule has 1 aliphatic rings. The van der Waals surface area contributed by atoms with Crippen LogP contribution < -0.4 is 4.74 Å². The summed E-state index contributed by atoms with van der Waals surface area (Å²) in [6.45, 7) is 2.05. The third-order valence-electron chi connectivity index (χ3n) is 5.03. The second kappa shape index (κ2) is 7.95. The molecule has 0 radical (unpaired) electrons. The molecule has 2 aromatic heterocycles. The molecular weight excluding hydrogens is 398 g/mol. The molecule has 0 N–H and O–H groups in total. The normalized spacial score (nSPS) is 14.6. The fraction of sp³-hybridized carbons (Fsp3) is 0.273. The van der Waals surface area contributed by atoms with Gasteiger partial charge in [-0.25, -0.2) is 0 Å². The Labute approximate surface area is 178 Å². The van der Waals surface area contributed by atoms with Crippen LogP contribution in [0.3, 0.4) is 0 Å². The molecule has 0 spiro atoms. The summed E-state index contributed by atoms with van der Waals surface area (Å²) < 4.78 is 12.9. The molecular formula is C22H21N5O2S. The summed E-state index contributed by atoms with van der Waals surface area (Å²) in [7, 11) is 1.66. The number of methoxy groups -OCH3 is 1. The smallest absolute Gasteiger partial charge is 0.239 e. The Balaban J connectivity index is 1.51. The van der Waals surface area contributed by atoms with Crippen molar-refractivity contribution in [2.24, 2.45) is 0 Å². The highest BCUT2D eigenvalue weighted by Crippen LogP contribution is 2.41. The van der Waals surface area contributed by atoms with Crippen molar-refractivity contribution >= 4 is 11.8 Å². The minimum atomic E-state index is -0.0465. The van der Waals surface area contributed by atoms with Gasteiger partial charge in [0, 0.05) is 17.2 Å². The maximum Gasteiger partial charge on any atom is 0.239 e. The zero-order chi connectivity index (χ0) is 20.5. The topological polar surface area (TPSA) is 78.9 Å². The van der Waals surface area contributed by atoms with Gasteiger partial charge in [0.2, 0.25) is 5.89 Å². The van der Waals surface area contributed by atoms with Gasteiger partial charge in [-0.2, -0.15) is 4.98 Å². The zero-order valence-corrected chi connectivity index (χ0v) is 17.5. The molecule has 1 fully saturated rings. The first-order valence-electron chi connectivity index (χ1n) is 9.88. The van der Waals surface area contributed by atoms with E-state index in [1.165, 1.54) is 0 Å². The van der Waals surface area contributed by atoms with E-state index in [0.29, 0.717) is 11.8 Å². The Kier molecular flexibility index (Phi) is 5.00. The molecule has 0 aliphatic heterocycles. The van der Waals surface area contributed by atoms with E-state index in [-0.39, 0.29) is 5.25 Å². The van der Waals surface area contributed by atoms with E-state index in [0.717, 1.165) is 46.6 Å². The van der Waals surface area contributed by atoms with Gasteiger partial charge in [-0.15, -0.1) is 10.2 Å². The lowest BCUT2D eigenvalue weighted by atomic mass is 10.2. The van der Waals surface area contributed by atoms with E-state index in [2.05, 4.69) is 20.3 Å². The van der Waals surface area contributed by atoms with Gasteiger partial charge in [-0.1, -0.05) is 47.3 Å². The van der Waals surface area contributed by atoms with Crippen LogP contribution >= 0.6 is 11.8 Å². The molecule has 1 unspecified atom stereocenters. The maximum absolute atomic E-state index is 5.51. The van der Waals surface area contributed by atoms with E-state index >= 15 is 0 Å². The maximum atomic E-state index is 5.51. The number of benzene rings is 2. The van der Waals surface area contributed by atoms with Gasteiger partial charge in [0.15, 0.2) is 16.8 Å². The fourth-order valence-corrected chi connectivity index (χ4v) is 4.11. The van der Waals surface area contributed by atoms with Crippen LogP contribution in [0.1, 0.15) is 42.6 Å². The van der Waals surface area contributed by atoms with Gasteiger partial charge >= 0.3 is 0 Å². The first-order chi connectivity index (χ1) is 14.7. The highest BCUT2D eigenvalue weighted by atomic mass is 32.2. The lowest BCUT2D eigenvalue weighted by Crippen LogP contribution is -2.01. The average molecular weight is 420 g/mol. The standard InChI is InChI=1S/C22H21N5O2S/c1-14(21-23-19(26-29-21)15-8-9-15)30-22-25-24-20(16-6-4-3-5-7-16)27(22)17-10-12-18(28-2)13-11-17/h3-7,10-15H,8-9H2,1-2H3. The van der Waals surface area contributed by atoms with Crippen molar-refractivity contribution in [1.82, 2.24) is 24.9 Å². The number of aromatic nitrogens is 5. The summed E-state index contributed by atoms with van der Waals surface area (Å²) >= 11 is 1.55. The quantitative estimate of drug-likeness (QED) is 0.388. The minimum Gasteiger partial charge on any atom is -0.497 e. The van der Waals surface area contributed by atoms with E-state index in [4.69, 9.17) is 9.26 Å². The number of hydrogen-bond acceptors (Lipinski definition) is 7. The summed E-state index contributed by atoms with van der Waals surface area (Å²) in [5.74, 6) is 3.48. The van der Waals surface area contributed by atoms with Crippen molar-refractivity contribution in [3.05, 3.63) is 66.3 Å². The van der Waals surface area contributed by atoms with Crippen LogP contribution in [-0.2, 0) is 0 Å². The molecule has 0 amide bonds. The number of ether oxygens (including phenoxy) is 1. The van der Waals surface area contributed by atoms with Crippen molar-refractivity contribution in [2.45, 2.75) is 36.1 Å². The Bertz CT molecular complexity index is 1140. The summed E-state index contributed by atoms with van der Waals surface area (Å²) in [6, 6.07) is 17.9. The summed E-state index contributed by atoms with van der Waals surface area (Å²) in [6.07, 6.45) is 2.29. The molecule has 2 aromatic carbocycles. The molecule has 0 bridgehead atoms. The van der Waals surface area contributed by atoms with Gasteiger partial charge in [0.1, 0.15) is 5.75 Å². The van der Waals surface area contributed by atoms with Gasteiger partial charge in [-0.05, 0) is 44.0 Å². The largest absolute Gasteiger partial charge is 0.497 e. The van der Waals surface area contributed by atoms with Crippen LogP contribution in [-0.4, -0.2) is 32.0 Å². The minimum absolute atomic E-state index is 0.0465. The van der Waals surface area contributed by atoms with E-state index in [9.17, 15) is 0 Å². The zero-order valence-electron chi connectivity index (χ0n) is 16.7. The van der Waals surface area contributed by atoms with Crippen LogP contribution in [0.5, 0.6) is 5.75 Å². The second-order valence-electron chi connectivity index (χ2n) is 7.23. The Morgan fingerprint density at radius 1 is 1.07 bits per heavy atom. The Morgan fingerprint density at radius 2 is 1.83 bits per heavy atom. The molecule has 0 saturated heterocycles. The lowest BCUT2D eigenvalue weighted by molar-refractivity contribution is 0.374. The number of nitrogens with zero attached hydrogens (tertiary/aromatic N) is 5. The molecule has 30 heavy (non-hydrogen) atoms. The molecule has 4 aromatic rings. The average Bonchev–Trinajstić information content (AvgIpc) is 3.37. The van der Waals surface area contributed by atoms with Crippen LogP contribution in [0.15, 0.2) is 64.3 Å². The lowest BCUT2D eigenvalue weighted by Gasteiger charge is -2.12. The predicted octanol–water partition coefficient (Wildman–Crippen LogP) is 5.06. The van der Waals surface area contributed by atoms with Gasteiger partial charge in [-0.3, -0.25) is 4.57 Å².